The number of pyridine rings is 2. The van der Waals surface area contributed by atoms with E-state index in [9.17, 15) is 9.59 Å². The second-order valence-corrected chi connectivity index (χ2v) is 8.55. The van der Waals surface area contributed by atoms with Crippen molar-refractivity contribution in [1.29, 1.82) is 0 Å². The number of nitrogens with zero attached hydrogens (tertiary/aromatic N) is 4. The van der Waals surface area contributed by atoms with Gasteiger partial charge in [0.15, 0.2) is 0 Å². The van der Waals surface area contributed by atoms with Crippen LogP contribution < -0.4 is 5.06 Å². The summed E-state index contributed by atoms with van der Waals surface area (Å²) in [5.41, 5.74) is 1.38. The van der Waals surface area contributed by atoms with E-state index in [4.69, 9.17) is 9.57 Å². The largest absolute Gasteiger partial charge is 0.444 e. The summed E-state index contributed by atoms with van der Waals surface area (Å²) in [7, 11) is 1.47. The van der Waals surface area contributed by atoms with Gasteiger partial charge in [-0.05, 0) is 64.2 Å². The average Bonchev–Trinajstić information content (AvgIpc) is 2.72. The molecule has 0 radical (unpaired) electrons. The van der Waals surface area contributed by atoms with Crippen molar-refractivity contribution in [3.63, 3.8) is 0 Å². The quantitative estimate of drug-likeness (QED) is 0.689. The van der Waals surface area contributed by atoms with Crippen LogP contribution in [-0.2, 0) is 14.4 Å². The third kappa shape index (κ3) is 5.44. The molecule has 0 saturated carbocycles. The molecule has 1 fully saturated rings. The molecule has 8 nitrogen and oxygen atoms in total. The molecular weight excluding hydrogens is 384 g/mol. The van der Waals surface area contributed by atoms with Gasteiger partial charge in [0.2, 0.25) is 0 Å². The van der Waals surface area contributed by atoms with Gasteiger partial charge in [0, 0.05) is 31.9 Å². The second-order valence-electron chi connectivity index (χ2n) is 8.55. The number of carbonyl (C=O) groups excluding carboxylic acids is 2. The SMILES string of the molecule is CON(C(=O)CCC1CCCN(C(=O)OC(C)(C)C)C1)c1ccnc2cccnc12. The van der Waals surface area contributed by atoms with E-state index in [1.54, 1.807) is 29.4 Å². The molecule has 1 aliphatic rings. The van der Waals surface area contributed by atoms with Crippen molar-refractivity contribution in [2.45, 2.75) is 52.1 Å². The number of hydrogen-bond donors (Lipinski definition) is 0. The lowest BCUT2D eigenvalue weighted by atomic mass is 9.93. The number of amides is 2. The van der Waals surface area contributed by atoms with Gasteiger partial charge >= 0.3 is 6.09 Å². The minimum atomic E-state index is -0.514. The summed E-state index contributed by atoms with van der Waals surface area (Å²) in [5, 5.41) is 1.28. The van der Waals surface area contributed by atoms with Crippen molar-refractivity contribution in [3.8, 4) is 0 Å². The first kappa shape index (κ1) is 22.0. The van der Waals surface area contributed by atoms with Gasteiger partial charge in [-0.25, -0.2) is 4.79 Å². The summed E-state index contributed by atoms with van der Waals surface area (Å²) in [5.74, 6) is 0.103. The van der Waals surface area contributed by atoms with Crippen LogP contribution in [0, 0.1) is 5.92 Å². The Hall–Kier alpha value is -2.74. The highest BCUT2D eigenvalue weighted by molar-refractivity contribution is 5.99. The molecule has 1 atom stereocenters. The summed E-state index contributed by atoms with van der Waals surface area (Å²) in [6.45, 7) is 6.89. The third-order valence-corrected chi connectivity index (χ3v) is 5.04. The average molecular weight is 415 g/mol. The van der Waals surface area contributed by atoms with Crippen LogP contribution in [0.1, 0.15) is 46.5 Å². The predicted molar refractivity (Wildman–Crippen MR) is 114 cm³/mol. The monoisotopic (exact) mass is 414 g/mol. The minimum Gasteiger partial charge on any atom is -0.444 e. The van der Waals surface area contributed by atoms with E-state index in [0.717, 1.165) is 12.8 Å². The zero-order valence-electron chi connectivity index (χ0n) is 18.1. The summed E-state index contributed by atoms with van der Waals surface area (Å²) in [4.78, 5) is 41.0. The molecule has 1 unspecified atom stereocenters. The van der Waals surface area contributed by atoms with Gasteiger partial charge in [0.05, 0.1) is 12.6 Å². The molecule has 0 N–H and O–H groups in total. The summed E-state index contributed by atoms with van der Waals surface area (Å²) < 4.78 is 5.48. The van der Waals surface area contributed by atoms with Crippen LogP contribution in [0.25, 0.3) is 11.0 Å². The number of hydroxylamine groups is 1. The van der Waals surface area contributed by atoms with Gasteiger partial charge < -0.3 is 9.64 Å². The maximum Gasteiger partial charge on any atom is 0.410 e. The van der Waals surface area contributed by atoms with E-state index in [2.05, 4.69) is 9.97 Å². The van der Waals surface area contributed by atoms with Gasteiger partial charge in [-0.1, -0.05) is 0 Å². The van der Waals surface area contributed by atoms with Gasteiger partial charge in [-0.2, -0.15) is 5.06 Å². The molecule has 0 bridgehead atoms. The highest BCUT2D eigenvalue weighted by atomic mass is 16.7. The topological polar surface area (TPSA) is 84.9 Å². The van der Waals surface area contributed by atoms with Crippen molar-refractivity contribution in [3.05, 3.63) is 30.6 Å². The lowest BCUT2D eigenvalue weighted by Crippen LogP contribution is -2.43. The third-order valence-electron chi connectivity index (χ3n) is 5.04. The summed E-state index contributed by atoms with van der Waals surface area (Å²) in [6, 6.07) is 5.37. The number of rotatable bonds is 5. The smallest absolute Gasteiger partial charge is 0.410 e. The number of fused-ring (bicyclic) bond motifs is 1. The second kappa shape index (κ2) is 9.38. The Bertz CT molecular complexity index is 891. The van der Waals surface area contributed by atoms with Gasteiger partial charge in [-0.15, -0.1) is 0 Å². The van der Waals surface area contributed by atoms with E-state index >= 15 is 0 Å². The number of carbonyl (C=O) groups is 2. The fourth-order valence-electron chi connectivity index (χ4n) is 3.69. The Morgan fingerprint density at radius 3 is 2.77 bits per heavy atom. The molecule has 3 heterocycles. The Morgan fingerprint density at radius 1 is 1.23 bits per heavy atom. The molecule has 2 aromatic heterocycles. The summed E-state index contributed by atoms with van der Waals surface area (Å²) >= 11 is 0. The van der Waals surface area contributed by atoms with Crippen LogP contribution in [0.3, 0.4) is 0 Å². The standard InChI is InChI=1S/C22H30N4O4/c1-22(2,3)30-21(28)25-14-6-7-16(15-25)9-10-19(27)26(29-4)18-11-13-23-17-8-5-12-24-20(17)18/h5,8,11-13,16H,6-7,9-10,14-15H2,1-4H3. The van der Waals surface area contributed by atoms with Crippen LogP contribution in [0.5, 0.6) is 0 Å². The predicted octanol–water partition coefficient (Wildman–Crippen LogP) is 3.95. The van der Waals surface area contributed by atoms with Crippen molar-refractivity contribution < 1.29 is 19.2 Å². The molecule has 1 saturated heterocycles. The van der Waals surface area contributed by atoms with E-state index in [0.29, 0.717) is 42.7 Å². The van der Waals surface area contributed by atoms with Gasteiger partial charge in [-0.3, -0.25) is 19.6 Å². The van der Waals surface area contributed by atoms with Crippen molar-refractivity contribution >= 4 is 28.7 Å². The van der Waals surface area contributed by atoms with Crippen LogP contribution in [0.15, 0.2) is 30.6 Å². The molecule has 162 valence electrons. The molecule has 1 aliphatic heterocycles. The molecular formula is C22H30N4O4. The van der Waals surface area contributed by atoms with Gasteiger partial charge in [0.25, 0.3) is 5.91 Å². The van der Waals surface area contributed by atoms with Crippen LogP contribution in [0.4, 0.5) is 10.5 Å². The fourth-order valence-corrected chi connectivity index (χ4v) is 3.69. The lowest BCUT2D eigenvalue weighted by Gasteiger charge is -2.34. The zero-order valence-corrected chi connectivity index (χ0v) is 18.1. The molecule has 8 heteroatoms. The first-order valence-electron chi connectivity index (χ1n) is 10.3. The maximum absolute atomic E-state index is 12.9. The molecule has 0 spiro atoms. The number of likely N-dealkylation sites (tertiary alicyclic amines) is 1. The van der Waals surface area contributed by atoms with Crippen molar-refractivity contribution in [2.75, 3.05) is 25.3 Å². The number of piperidine rings is 1. The van der Waals surface area contributed by atoms with E-state index < -0.39 is 5.60 Å². The fraction of sp³-hybridized carbons (Fsp3) is 0.545. The molecule has 3 rings (SSSR count). The van der Waals surface area contributed by atoms with Crippen LogP contribution in [0.2, 0.25) is 0 Å². The van der Waals surface area contributed by atoms with Crippen molar-refractivity contribution in [1.82, 2.24) is 14.9 Å². The normalized spacial score (nSPS) is 17.1. The molecule has 2 amide bonds. The van der Waals surface area contributed by atoms with Crippen molar-refractivity contribution in [2.24, 2.45) is 5.92 Å². The first-order valence-corrected chi connectivity index (χ1v) is 10.3. The zero-order chi connectivity index (χ0) is 21.7. The molecule has 0 aliphatic carbocycles. The summed E-state index contributed by atoms with van der Waals surface area (Å²) in [6.07, 6.45) is 5.90. The first-order chi connectivity index (χ1) is 14.3. The molecule has 2 aromatic rings. The number of anilines is 1. The highest BCUT2D eigenvalue weighted by Gasteiger charge is 2.28. The Labute approximate surface area is 177 Å². The van der Waals surface area contributed by atoms with Gasteiger partial charge in [0.1, 0.15) is 16.8 Å². The maximum atomic E-state index is 12.9. The van der Waals surface area contributed by atoms with E-state index in [1.165, 1.54) is 12.2 Å². The minimum absolute atomic E-state index is 0.148. The van der Waals surface area contributed by atoms with E-state index in [-0.39, 0.29) is 17.9 Å². The van der Waals surface area contributed by atoms with E-state index in [1.807, 2.05) is 26.8 Å². The number of hydrogen-bond acceptors (Lipinski definition) is 6. The van der Waals surface area contributed by atoms with Crippen LogP contribution in [-0.4, -0.2) is 52.7 Å². The number of ether oxygens (including phenoxy) is 1. The molecule has 0 aromatic carbocycles. The Kier molecular flexibility index (Phi) is 6.87. The highest BCUT2D eigenvalue weighted by Crippen LogP contribution is 2.26. The number of aromatic nitrogens is 2. The Morgan fingerprint density at radius 2 is 2.03 bits per heavy atom. The lowest BCUT2D eigenvalue weighted by molar-refractivity contribution is -0.125. The molecule has 30 heavy (non-hydrogen) atoms. The van der Waals surface area contributed by atoms with Crippen LogP contribution >= 0.6 is 0 Å². The Balaban J connectivity index is 1.62.